The molecule has 2 aromatic carbocycles. The van der Waals surface area contributed by atoms with Crippen LogP contribution in [0.4, 0.5) is 10.5 Å². The number of nitrogens with one attached hydrogen (secondary N) is 1. The van der Waals surface area contributed by atoms with E-state index in [1.807, 2.05) is 13.0 Å². The van der Waals surface area contributed by atoms with Crippen molar-refractivity contribution in [3.63, 3.8) is 0 Å². The highest BCUT2D eigenvalue weighted by Crippen LogP contribution is 2.31. The number of amides is 4. The number of urea groups is 1. The quantitative estimate of drug-likeness (QED) is 0.495. The average Bonchev–Trinajstić information content (AvgIpc) is 2.73. The molecule has 0 unspecified atom stereocenters. The van der Waals surface area contributed by atoms with Gasteiger partial charge in [-0.2, -0.15) is 5.26 Å². The first-order valence-electron chi connectivity index (χ1n) is 9.30. The van der Waals surface area contributed by atoms with Crippen molar-refractivity contribution in [1.82, 2.24) is 5.32 Å². The fourth-order valence-electron chi connectivity index (χ4n) is 2.94. The first kappa shape index (κ1) is 22.1. The van der Waals surface area contributed by atoms with Crippen molar-refractivity contribution < 1.29 is 23.9 Å². The first-order chi connectivity index (χ1) is 14.8. The summed E-state index contributed by atoms with van der Waals surface area (Å²) in [6, 6.07) is 10.9. The number of anilines is 1. The van der Waals surface area contributed by atoms with Gasteiger partial charge in [-0.15, -0.1) is 0 Å². The summed E-state index contributed by atoms with van der Waals surface area (Å²) in [6.07, 6.45) is 1.37. The molecule has 0 atom stereocenters. The molecule has 9 heteroatoms. The number of hydrogen-bond acceptors (Lipinski definition) is 6. The van der Waals surface area contributed by atoms with Crippen LogP contribution in [0.5, 0.6) is 11.5 Å². The van der Waals surface area contributed by atoms with Gasteiger partial charge >= 0.3 is 6.03 Å². The zero-order chi connectivity index (χ0) is 22.5. The summed E-state index contributed by atoms with van der Waals surface area (Å²) in [5.41, 5.74) is 1.47. The van der Waals surface area contributed by atoms with Crippen molar-refractivity contribution in [3.05, 3.63) is 57.6 Å². The van der Waals surface area contributed by atoms with Gasteiger partial charge in [0.15, 0.2) is 18.1 Å². The number of barbiturate groups is 1. The molecule has 0 saturated carbocycles. The average molecular weight is 484 g/mol. The Labute approximate surface area is 187 Å². The molecule has 0 radical (unpaired) electrons. The maximum absolute atomic E-state index is 13.0. The summed E-state index contributed by atoms with van der Waals surface area (Å²) in [4.78, 5) is 38.7. The minimum absolute atomic E-state index is 0.148. The number of carbonyl (C=O) groups excluding carboxylic acids is 3. The lowest BCUT2D eigenvalue weighted by Gasteiger charge is -2.26. The molecule has 8 nitrogen and oxygen atoms in total. The fraction of sp³-hybridized carbons (Fsp3) is 0.182. The molecule has 158 valence electrons. The summed E-state index contributed by atoms with van der Waals surface area (Å²) >= 11 is 3.38. The lowest BCUT2D eigenvalue weighted by Crippen LogP contribution is -2.54. The summed E-state index contributed by atoms with van der Waals surface area (Å²) in [5, 5.41) is 10.9. The number of ether oxygens (including phenoxy) is 2. The monoisotopic (exact) mass is 483 g/mol. The van der Waals surface area contributed by atoms with Crippen molar-refractivity contribution in [1.29, 1.82) is 5.26 Å². The predicted octanol–water partition coefficient (Wildman–Crippen LogP) is 3.73. The van der Waals surface area contributed by atoms with E-state index in [9.17, 15) is 14.4 Å². The van der Waals surface area contributed by atoms with E-state index in [1.54, 1.807) is 43.3 Å². The van der Waals surface area contributed by atoms with Crippen LogP contribution < -0.4 is 19.7 Å². The topological polar surface area (TPSA) is 109 Å². The maximum atomic E-state index is 13.0. The summed E-state index contributed by atoms with van der Waals surface area (Å²) in [7, 11) is 0. The maximum Gasteiger partial charge on any atom is 0.335 e. The number of rotatable bonds is 6. The second kappa shape index (κ2) is 9.45. The molecule has 1 aliphatic rings. The number of imide groups is 2. The third-order valence-corrected chi connectivity index (χ3v) is 5.26. The van der Waals surface area contributed by atoms with Crippen LogP contribution in [0.25, 0.3) is 6.08 Å². The first-order valence-corrected chi connectivity index (χ1v) is 10.1. The molecule has 0 aromatic heterocycles. The summed E-state index contributed by atoms with van der Waals surface area (Å²) in [5.74, 6) is -0.791. The second-order valence-electron chi connectivity index (χ2n) is 6.48. The minimum Gasteiger partial charge on any atom is -0.490 e. The zero-order valence-corrected chi connectivity index (χ0v) is 18.4. The number of nitriles is 1. The van der Waals surface area contributed by atoms with Gasteiger partial charge in [0.2, 0.25) is 0 Å². The van der Waals surface area contributed by atoms with Crippen LogP contribution in [0, 0.1) is 18.3 Å². The Morgan fingerprint density at radius 1 is 1.13 bits per heavy atom. The van der Waals surface area contributed by atoms with Crippen LogP contribution >= 0.6 is 15.9 Å². The van der Waals surface area contributed by atoms with E-state index in [2.05, 4.69) is 21.2 Å². The predicted molar refractivity (Wildman–Crippen MR) is 117 cm³/mol. The van der Waals surface area contributed by atoms with Crippen LogP contribution in [0.1, 0.15) is 18.1 Å². The standard InChI is InChI=1S/C22H18BrN3O5/c1-3-30-19-12-14(4-7-18(19)31-9-8-24)11-16-20(27)25-22(29)26(21(16)28)15-5-6-17(23)13(2)10-15/h4-7,10-12H,3,9H2,1-2H3,(H,25,27,29)/b16-11+. The number of halogens is 1. The summed E-state index contributed by atoms with van der Waals surface area (Å²) in [6.45, 7) is 3.83. The van der Waals surface area contributed by atoms with Gasteiger partial charge in [0.1, 0.15) is 11.6 Å². The van der Waals surface area contributed by atoms with Crippen LogP contribution in [-0.4, -0.2) is 31.1 Å². The Morgan fingerprint density at radius 2 is 1.90 bits per heavy atom. The third kappa shape index (κ3) is 4.75. The Hall–Kier alpha value is -3.64. The highest BCUT2D eigenvalue weighted by molar-refractivity contribution is 9.10. The lowest BCUT2D eigenvalue weighted by atomic mass is 10.1. The van der Waals surface area contributed by atoms with Crippen molar-refractivity contribution in [2.45, 2.75) is 13.8 Å². The molecule has 1 heterocycles. The van der Waals surface area contributed by atoms with Gasteiger partial charge in [0.05, 0.1) is 12.3 Å². The van der Waals surface area contributed by atoms with Crippen molar-refractivity contribution in [2.75, 3.05) is 18.1 Å². The third-order valence-electron chi connectivity index (χ3n) is 4.37. The van der Waals surface area contributed by atoms with Crippen molar-refractivity contribution in [2.24, 2.45) is 0 Å². The molecule has 0 bridgehead atoms. The van der Waals surface area contributed by atoms with E-state index in [1.165, 1.54) is 6.08 Å². The largest absolute Gasteiger partial charge is 0.490 e. The van der Waals surface area contributed by atoms with E-state index in [0.717, 1.165) is 14.9 Å². The molecule has 1 aliphatic heterocycles. The number of hydrogen-bond donors (Lipinski definition) is 1. The Kier molecular flexibility index (Phi) is 6.72. The summed E-state index contributed by atoms with van der Waals surface area (Å²) < 4.78 is 11.7. The van der Waals surface area contributed by atoms with Crippen molar-refractivity contribution in [3.8, 4) is 17.6 Å². The molecule has 1 N–H and O–H groups in total. The lowest BCUT2D eigenvalue weighted by molar-refractivity contribution is -0.122. The minimum atomic E-state index is -0.816. The highest BCUT2D eigenvalue weighted by Gasteiger charge is 2.37. The van der Waals surface area contributed by atoms with E-state index < -0.39 is 17.8 Å². The van der Waals surface area contributed by atoms with Crippen LogP contribution in [-0.2, 0) is 9.59 Å². The van der Waals surface area contributed by atoms with Gasteiger partial charge in [-0.1, -0.05) is 22.0 Å². The Morgan fingerprint density at radius 3 is 2.58 bits per heavy atom. The van der Waals surface area contributed by atoms with E-state index in [4.69, 9.17) is 14.7 Å². The van der Waals surface area contributed by atoms with Crippen LogP contribution in [0.15, 0.2) is 46.4 Å². The van der Waals surface area contributed by atoms with Gasteiger partial charge in [-0.3, -0.25) is 14.9 Å². The normalized spacial score (nSPS) is 15.0. The number of carbonyl (C=O) groups is 3. The Bertz CT molecular complexity index is 1140. The molecule has 2 aromatic rings. The van der Waals surface area contributed by atoms with Gasteiger partial charge in [0.25, 0.3) is 11.8 Å². The number of nitrogens with zero attached hydrogens (tertiary/aromatic N) is 2. The van der Waals surface area contributed by atoms with Gasteiger partial charge < -0.3 is 9.47 Å². The molecule has 4 amide bonds. The number of benzene rings is 2. The second-order valence-corrected chi connectivity index (χ2v) is 7.33. The van der Waals surface area contributed by atoms with E-state index >= 15 is 0 Å². The van der Waals surface area contributed by atoms with Gasteiger partial charge in [0, 0.05) is 4.47 Å². The molecular formula is C22H18BrN3O5. The molecule has 1 saturated heterocycles. The zero-order valence-electron chi connectivity index (χ0n) is 16.8. The van der Waals surface area contributed by atoms with E-state index in [-0.39, 0.29) is 12.2 Å². The van der Waals surface area contributed by atoms with Crippen LogP contribution in [0.2, 0.25) is 0 Å². The molecule has 1 fully saturated rings. The smallest absolute Gasteiger partial charge is 0.335 e. The molecule has 3 rings (SSSR count). The fourth-order valence-corrected chi connectivity index (χ4v) is 3.19. The SMILES string of the molecule is CCOc1cc(/C=C2\C(=O)NC(=O)N(c3ccc(Br)c(C)c3)C2=O)ccc1OCC#N. The van der Waals surface area contributed by atoms with Gasteiger partial charge in [-0.05, 0) is 61.4 Å². The molecule has 0 aliphatic carbocycles. The molecule has 0 spiro atoms. The molecule has 31 heavy (non-hydrogen) atoms. The highest BCUT2D eigenvalue weighted by atomic mass is 79.9. The number of aryl methyl sites for hydroxylation is 1. The Balaban J connectivity index is 1.98. The van der Waals surface area contributed by atoms with Gasteiger partial charge in [-0.25, -0.2) is 9.69 Å². The van der Waals surface area contributed by atoms with E-state index in [0.29, 0.717) is 29.4 Å². The molecular weight excluding hydrogens is 466 g/mol. The van der Waals surface area contributed by atoms with Crippen molar-refractivity contribution >= 4 is 45.5 Å². The van der Waals surface area contributed by atoms with Crippen LogP contribution in [0.3, 0.4) is 0 Å².